The zero-order valence-electron chi connectivity index (χ0n) is 12.3. The Hall–Kier alpha value is -1.84. The molecule has 0 spiro atoms. The SMILES string of the molecule is C[C@H]1CN(C(=O)C2(C(=O)O)CC2)CC[C@H]1c1ccccc1. The van der Waals surface area contributed by atoms with Crippen LogP contribution in [0.15, 0.2) is 30.3 Å². The second-order valence-corrected chi connectivity index (χ2v) is 6.42. The average Bonchev–Trinajstić information content (AvgIpc) is 3.29. The summed E-state index contributed by atoms with van der Waals surface area (Å²) in [5.41, 5.74) is 0.218. The van der Waals surface area contributed by atoms with Gasteiger partial charge in [0.1, 0.15) is 5.41 Å². The van der Waals surface area contributed by atoms with Gasteiger partial charge in [-0.3, -0.25) is 9.59 Å². The number of nitrogens with zero attached hydrogens (tertiary/aromatic N) is 1. The van der Waals surface area contributed by atoms with Crippen LogP contribution < -0.4 is 0 Å². The van der Waals surface area contributed by atoms with Crippen molar-refractivity contribution >= 4 is 11.9 Å². The number of hydrogen-bond acceptors (Lipinski definition) is 2. The van der Waals surface area contributed by atoms with E-state index in [4.69, 9.17) is 0 Å². The van der Waals surface area contributed by atoms with Crippen LogP contribution in [0.25, 0.3) is 0 Å². The van der Waals surface area contributed by atoms with Crippen molar-refractivity contribution in [1.82, 2.24) is 4.90 Å². The van der Waals surface area contributed by atoms with Crippen molar-refractivity contribution in [2.45, 2.75) is 32.1 Å². The predicted molar refractivity (Wildman–Crippen MR) is 78.8 cm³/mol. The Bertz CT molecular complexity index is 550. The van der Waals surface area contributed by atoms with Crippen molar-refractivity contribution < 1.29 is 14.7 Å². The number of carboxylic acids is 1. The second-order valence-electron chi connectivity index (χ2n) is 6.42. The number of carbonyl (C=O) groups is 2. The molecule has 2 aliphatic rings. The number of carboxylic acid groups (broad SMARTS) is 1. The van der Waals surface area contributed by atoms with Gasteiger partial charge >= 0.3 is 5.97 Å². The number of amides is 1. The monoisotopic (exact) mass is 287 g/mol. The Morgan fingerprint density at radius 3 is 2.43 bits per heavy atom. The fourth-order valence-corrected chi connectivity index (χ4v) is 3.47. The average molecular weight is 287 g/mol. The summed E-state index contributed by atoms with van der Waals surface area (Å²) in [5, 5.41) is 9.25. The first-order valence-corrected chi connectivity index (χ1v) is 7.62. The highest BCUT2D eigenvalue weighted by atomic mass is 16.4. The Balaban J connectivity index is 1.69. The molecule has 1 N–H and O–H groups in total. The fraction of sp³-hybridized carbons (Fsp3) is 0.529. The highest BCUT2D eigenvalue weighted by Crippen LogP contribution is 2.48. The maximum Gasteiger partial charge on any atom is 0.319 e. The van der Waals surface area contributed by atoms with E-state index >= 15 is 0 Å². The summed E-state index contributed by atoms with van der Waals surface area (Å²) in [4.78, 5) is 25.5. The Morgan fingerprint density at radius 1 is 1.24 bits per heavy atom. The van der Waals surface area contributed by atoms with Gasteiger partial charge in [-0.25, -0.2) is 0 Å². The van der Waals surface area contributed by atoms with E-state index in [9.17, 15) is 14.7 Å². The molecule has 0 radical (unpaired) electrons. The molecular weight excluding hydrogens is 266 g/mol. The molecule has 1 saturated heterocycles. The van der Waals surface area contributed by atoms with Crippen LogP contribution in [0.1, 0.15) is 37.7 Å². The summed E-state index contributed by atoms with van der Waals surface area (Å²) in [6.45, 7) is 3.47. The molecule has 0 unspecified atom stereocenters. The molecule has 3 rings (SSSR count). The van der Waals surface area contributed by atoms with Gasteiger partial charge in [-0.1, -0.05) is 37.3 Å². The lowest BCUT2D eigenvalue weighted by atomic mass is 9.81. The van der Waals surface area contributed by atoms with E-state index in [0.717, 1.165) is 6.42 Å². The maximum absolute atomic E-state index is 12.5. The van der Waals surface area contributed by atoms with E-state index in [2.05, 4.69) is 19.1 Å². The lowest BCUT2D eigenvalue weighted by Gasteiger charge is -2.38. The van der Waals surface area contributed by atoms with Crippen molar-refractivity contribution in [2.75, 3.05) is 13.1 Å². The summed E-state index contributed by atoms with van der Waals surface area (Å²) in [5.74, 6) is -0.316. The Morgan fingerprint density at radius 2 is 1.90 bits per heavy atom. The topological polar surface area (TPSA) is 57.6 Å². The fourth-order valence-electron chi connectivity index (χ4n) is 3.47. The van der Waals surface area contributed by atoms with E-state index in [1.54, 1.807) is 4.90 Å². The van der Waals surface area contributed by atoms with Crippen molar-refractivity contribution in [3.05, 3.63) is 35.9 Å². The molecule has 2 atom stereocenters. The molecule has 112 valence electrons. The number of piperidine rings is 1. The van der Waals surface area contributed by atoms with E-state index in [0.29, 0.717) is 37.8 Å². The number of rotatable bonds is 3. The van der Waals surface area contributed by atoms with Crippen LogP contribution >= 0.6 is 0 Å². The number of aliphatic carboxylic acids is 1. The standard InChI is InChI=1S/C17H21NO3/c1-12-11-18(15(19)17(8-9-17)16(20)21)10-7-14(12)13-5-3-2-4-6-13/h2-6,12,14H,7-11H2,1H3,(H,20,21)/t12-,14+/m0/s1. The smallest absolute Gasteiger partial charge is 0.319 e. The molecule has 1 amide bonds. The highest BCUT2D eigenvalue weighted by Gasteiger charge is 2.58. The predicted octanol–water partition coefficient (Wildman–Crippen LogP) is 2.50. The molecule has 1 heterocycles. The van der Waals surface area contributed by atoms with Gasteiger partial charge in [0.15, 0.2) is 0 Å². The molecule has 21 heavy (non-hydrogen) atoms. The third-order valence-corrected chi connectivity index (χ3v) is 4.99. The zero-order valence-corrected chi connectivity index (χ0v) is 12.3. The molecule has 1 saturated carbocycles. The first-order valence-electron chi connectivity index (χ1n) is 7.62. The van der Waals surface area contributed by atoms with Gasteiger partial charge in [-0.2, -0.15) is 0 Å². The summed E-state index contributed by atoms with van der Waals surface area (Å²) in [6, 6.07) is 10.4. The van der Waals surface area contributed by atoms with Crippen LogP contribution in [-0.2, 0) is 9.59 Å². The number of hydrogen-bond donors (Lipinski definition) is 1. The van der Waals surface area contributed by atoms with Gasteiger partial charge in [0.25, 0.3) is 0 Å². The normalized spacial score (nSPS) is 27.2. The highest BCUT2D eigenvalue weighted by molar-refractivity contribution is 6.04. The summed E-state index contributed by atoms with van der Waals surface area (Å²) in [6.07, 6.45) is 1.90. The van der Waals surface area contributed by atoms with Gasteiger partial charge in [-0.15, -0.1) is 0 Å². The lowest BCUT2D eigenvalue weighted by Crippen LogP contribution is -2.47. The largest absolute Gasteiger partial charge is 0.480 e. The van der Waals surface area contributed by atoms with Gasteiger partial charge < -0.3 is 10.0 Å². The molecular formula is C17H21NO3. The first kappa shape index (κ1) is 14.1. The van der Waals surface area contributed by atoms with E-state index in [1.807, 2.05) is 18.2 Å². The molecule has 1 aliphatic heterocycles. The van der Waals surface area contributed by atoms with Gasteiger partial charge in [0, 0.05) is 13.1 Å². The minimum atomic E-state index is -1.10. The molecule has 1 aromatic carbocycles. The molecule has 1 aromatic rings. The van der Waals surface area contributed by atoms with Crippen molar-refractivity contribution in [1.29, 1.82) is 0 Å². The molecule has 0 bridgehead atoms. The van der Waals surface area contributed by atoms with E-state index in [1.165, 1.54) is 5.56 Å². The molecule has 4 heteroatoms. The van der Waals surface area contributed by atoms with Crippen molar-refractivity contribution in [3.8, 4) is 0 Å². The van der Waals surface area contributed by atoms with Crippen LogP contribution in [0, 0.1) is 11.3 Å². The van der Waals surface area contributed by atoms with Crippen molar-refractivity contribution in [3.63, 3.8) is 0 Å². The third-order valence-electron chi connectivity index (χ3n) is 4.99. The summed E-state index contributed by atoms with van der Waals surface area (Å²) < 4.78 is 0. The van der Waals surface area contributed by atoms with Crippen LogP contribution in [0.4, 0.5) is 0 Å². The molecule has 1 aliphatic carbocycles. The number of likely N-dealkylation sites (tertiary alicyclic amines) is 1. The molecule has 4 nitrogen and oxygen atoms in total. The third kappa shape index (κ3) is 2.43. The molecule has 2 fully saturated rings. The van der Waals surface area contributed by atoms with Crippen molar-refractivity contribution in [2.24, 2.45) is 11.3 Å². The lowest BCUT2D eigenvalue weighted by molar-refractivity contribution is -0.154. The first-order chi connectivity index (χ1) is 10.0. The second kappa shape index (κ2) is 5.17. The van der Waals surface area contributed by atoms with Gasteiger partial charge in [-0.05, 0) is 36.7 Å². The zero-order chi connectivity index (χ0) is 15.0. The quantitative estimate of drug-likeness (QED) is 0.869. The van der Waals surface area contributed by atoms with Crippen LogP contribution in [-0.4, -0.2) is 35.0 Å². The Labute approximate surface area is 124 Å². The summed E-state index contributed by atoms with van der Waals surface area (Å²) in [7, 11) is 0. The minimum absolute atomic E-state index is 0.173. The van der Waals surface area contributed by atoms with Crippen LogP contribution in [0.3, 0.4) is 0 Å². The van der Waals surface area contributed by atoms with Gasteiger partial charge in [0.2, 0.25) is 5.91 Å². The maximum atomic E-state index is 12.5. The molecule has 0 aromatic heterocycles. The number of benzene rings is 1. The van der Waals surface area contributed by atoms with E-state index < -0.39 is 11.4 Å². The van der Waals surface area contributed by atoms with E-state index in [-0.39, 0.29) is 5.91 Å². The number of carbonyl (C=O) groups excluding carboxylic acids is 1. The summed E-state index contributed by atoms with van der Waals surface area (Å²) >= 11 is 0. The van der Waals surface area contributed by atoms with Crippen LogP contribution in [0.2, 0.25) is 0 Å². The minimum Gasteiger partial charge on any atom is -0.480 e. The van der Waals surface area contributed by atoms with Gasteiger partial charge in [0.05, 0.1) is 0 Å². The van der Waals surface area contributed by atoms with Crippen LogP contribution in [0.5, 0.6) is 0 Å². The Kier molecular flexibility index (Phi) is 3.47.